The van der Waals surface area contributed by atoms with Gasteiger partial charge >= 0.3 is 0 Å². The molecule has 0 rings (SSSR count). The molecule has 0 aliphatic carbocycles. The van der Waals surface area contributed by atoms with Gasteiger partial charge in [0.05, 0.1) is 70.4 Å². The Morgan fingerprint density at radius 1 is 0.607 bits per heavy atom. The van der Waals surface area contributed by atoms with Gasteiger partial charge in [-0.2, -0.15) is 0 Å². The fraction of sp³-hybridized carbons (Fsp3) is 0.714. The zero-order valence-corrected chi connectivity index (χ0v) is 17.0. The van der Waals surface area contributed by atoms with Crippen LogP contribution in [-0.4, -0.2) is 68.2 Å². The highest BCUT2D eigenvalue weighted by molar-refractivity contribution is 4.81. The molecule has 7 nitrogen and oxygen atoms in total. The lowest BCUT2D eigenvalue weighted by Crippen LogP contribution is -2.38. The van der Waals surface area contributed by atoms with Crippen molar-refractivity contribution in [3.63, 3.8) is 0 Å². The summed E-state index contributed by atoms with van der Waals surface area (Å²) in [6.45, 7) is 12.0. The topological polar surface area (TPSA) is 97.6 Å². The predicted molar refractivity (Wildman–Crippen MR) is 108 cm³/mol. The van der Waals surface area contributed by atoms with Crippen molar-refractivity contribution in [1.29, 1.82) is 0 Å². The largest absolute Gasteiger partial charge is 0.502 e. The lowest BCUT2D eigenvalue weighted by Gasteiger charge is -2.34. The van der Waals surface area contributed by atoms with Gasteiger partial charge in [-0.25, -0.2) is 0 Å². The average Bonchev–Trinajstić information content (AvgIpc) is 2.72. The van der Waals surface area contributed by atoms with E-state index < -0.39 is 5.41 Å². The minimum absolute atomic E-state index is 0.0690. The molecule has 0 heterocycles. The van der Waals surface area contributed by atoms with Gasteiger partial charge in [0.1, 0.15) is 0 Å². The molecule has 0 unspecified atom stereocenters. The van der Waals surface area contributed by atoms with Crippen molar-refractivity contribution in [1.82, 2.24) is 0 Å². The standard InChI is InChI=1S/C21H38O7/c1-4-25-13-9-20(10-14-26-5-2,11-15-27-6-3)8-7-12-28-19-21(16-22,17-23)18-24/h4-6,22-24H,1-3,7-19H2. The van der Waals surface area contributed by atoms with E-state index in [1.807, 2.05) is 0 Å². The van der Waals surface area contributed by atoms with Gasteiger partial charge in [0.2, 0.25) is 0 Å². The molecular weight excluding hydrogens is 364 g/mol. The fourth-order valence-electron chi connectivity index (χ4n) is 2.95. The highest BCUT2D eigenvalue weighted by Gasteiger charge is 2.31. The van der Waals surface area contributed by atoms with Crippen LogP contribution in [0.4, 0.5) is 0 Å². The van der Waals surface area contributed by atoms with Gasteiger partial charge in [-0.15, -0.1) is 0 Å². The van der Waals surface area contributed by atoms with Crippen LogP contribution in [0.15, 0.2) is 38.5 Å². The van der Waals surface area contributed by atoms with Crippen LogP contribution < -0.4 is 0 Å². The lowest BCUT2D eigenvalue weighted by molar-refractivity contribution is -0.0598. The van der Waals surface area contributed by atoms with E-state index in [0.29, 0.717) is 26.4 Å². The summed E-state index contributed by atoms with van der Waals surface area (Å²) in [5.41, 5.74) is -1.08. The third-order valence-electron chi connectivity index (χ3n) is 5.01. The van der Waals surface area contributed by atoms with Crippen LogP contribution in [0, 0.1) is 10.8 Å². The summed E-state index contributed by atoms with van der Waals surface area (Å²) < 4.78 is 21.7. The van der Waals surface area contributed by atoms with Crippen LogP contribution in [0.5, 0.6) is 0 Å². The van der Waals surface area contributed by atoms with E-state index in [1.54, 1.807) is 0 Å². The Balaban J connectivity index is 4.77. The highest BCUT2D eigenvalue weighted by atomic mass is 16.5. The van der Waals surface area contributed by atoms with Gasteiger partial charge in [-0.05, 0) is 37.5 Å². The molecule has 164 valence electrons. The molecule has 3 N–H and O–H groups in total. The molecule has 0 saturated heterocycles. The molecule has 0 saturated carbocycles. The third-order valence-corrected chi connectivity index (χ3v) is 5.01. The van der Waals surface area contributed by atoms with Crippen molar-refractivity contribution in [2.75, 3.05) is 52.9 Å². The molecule has 0 aromatic carbocycles. The number of ether oxygens (including phenoxy) is 4. The number of hydrogen-bond donors (Lipinski definition) is 3. The van der Waals surface area contributed by atoms with Crippen LogP contribution in [0.3, 0.4) is 0 Å². The van der Waals surface area contributed by atoms with Gasteiger partial charge in [0.25, 0.3) is 0 Å². The van der Waals surface area contributed by atoms with E-state index >= 15 is 0 Å². The maximum absolute atomic E-state index is 9.36. The Bertz CT molecular complexity index is 363. The molecule has 0 bridgehead atoms. The van der Waals surface area contributed by atoms with Gasteiger partial charge in [0.15, 0.2) is 0 Å². The second-order valence-corrected chi connectivity index (χ2v) is 6.99. The zero-order valence-electron chi connectivity index (χ0n) is 17.0. The van der Waals surface area contributed by atoms with Crippen molar-refractivity contribution in [3.05, 3.63) is 38.5 Å². The Morgan fingerprint density at radius 3 is 1.39 bits per heavy atom. The predicted octanol–water partition coefficient (Wildman–Crippen LogP) is 2.38. The molecular formula is C21H38O7. The SMILES string of the molecule is C=COCCC(CCCOCC(CO)(CO)CO)(CCOC=C)CCOC=C. The summed E-state index contributed by atoms with van der Waals surface area (Å²) >= 11 is 0. The molecule has 7 heteroatoms. The van der Waals surface area contributed by atoms with E-state index in [1.165, 1.54) is 18.8 Å². The molecule has 0 spiro atoms. The maximum atomic E-state index is 9.36. The van der Waals surface area contributed by atoms with E-state index in [9.17, 15) is 15.3 Å². The molecule has 0 amide bonds. The van der Waals surface area contributed by atoms with E-state index in [4.69, 9.17) is 18.9 Å². The molecule has 0 fully saturated rings. The van der Waals surface area contributed by atoms with Crippen molar-refractivity contribution in [2.24, 2.45) is 10.8 Å². The molecule has 0 atom stereocenters. The van der Waals surface area contributed by atoms with Crippen LogP contribution in [0.2, 0.25) is 0 Å². The molecule has 0 radical (unpaired) electrons. The molecule has 28 heavy (non-hydrogen) atoms. The number of hydrogen-bond acceptors (Lipinski definition) is 7. The van der Waals surface area contributed by atoms with Gasteiger partial charge in [0, 0.05) is 6.61 Å². The van der Waals surface area contributed by atoms with E-state index in [0.717, 1.165) is 32.1 Å². The minimum Gasteiger partial charge on any atom is -0.502 e. The Morgan fingerprint density at radius 2 is 1.04 bits per heavy atom. The summed E-state index contributed by atoms with van der Waals surface area (Å²) in [4.78, 5) is 0. The number of aliphatic hydroxyl groups excluding tert-OH is 3. The first kappa shape index (κ1) is 26.5. The van der Waals surface area contributed by atoms with Crippen molar-refractivity contribution in [3.8, 4) is 0 Å². The van der Waals surface area contributed by atoms with Gasteiger partial charge in [-0.1, -0.05) is 19.7 Å². The molecule has 0 aromatic heterocycles. The molecule has 0 aromatic rings. The zero-order chi connectivity index (χ0) is 21.1. The lowest BCUT2D eigenvalue weighted by atomic mass is 9.75. The summed E-state index contributed by atoms with van der Waals surface area (Å²) in [6.07, 6.45) is 8.38. The van der Waals surface area contributed by atoms with E-state index in [2.05, 4.69) is 19.7 Å². The summed E-state index contributed by atoms with van der Waals surface area (Å²) in [5, 5.41) is 28.1. The minimum atomic E-state index is -1.01. The van der Waals surface area contributed by atoms with Crippen LogP contribution in [0.25, 0.3) is 0 Å². The third kappa shape index (κ3) is 10.7. The fourth-order valence-corrected chi connectivity index (χ4v) is 2.95. The van der Waals surface area contributed by atoms with Crippen LogP contribution in [0.1, 0.15) is 32.1 Å². The van der Waals surface area contributed by atoms with Crippen molar-refractivity contribution >= 4 is 0 Å². The van der Waals surface area contributed by atoms with E-state index in [-0.39, 0.29) is 31.8 Å². The van der Waals surface area contributed by atoms with Crippen LogP contribution in [-0.2, 0) is 18.9 Å². The van der Waals surface area contributed by atoms with Gasteiger partial charge < -0.3 is 34.3 Å². The quantitative estimate of drug-likeness (QED) is 0.200. The first-order valence-electron chi connectivity index (χ1n) is 9.65. The smallest absolute Gasteiger partial charge is 0.0878 e. The van der Waals surface area contributed by atoms with Crippen molar-refractivity contribution < 1.29 is 34.3 Å². The normalized spacial score (nSPS) is 11.7. The first-order valence-corrected chi connectivity index (χ1v) is 9.65. The van der Waals surface area contributed by atoms with Crippen molar-refractivity contribution in [2.45, 2.75) is 32.1 Å². The molecule has 0 aliphatic heterocycles. The Kier molecular flexibility index (Phi) is 15.5. The number of rotatable bonds is 21. The summed E-state index contributed by atoms with van der Waals surface area (Å²) in [6, 6.07) is 0. The Labute approximate surface area is 169 Å². The second-order valence-electron chi connectivity index (χ2n) is 6.99. The monoisotopic (exact) mass is 402 g/mol. The average molecular weight is 403 g/mol. The molecule has 0 aliphatic rings. The summed E-state index contributed by atoms with van der Waals surface area (Å²) in [7, 11) is 0. The highest BCUT2D eigenvalue weighted by Crippen LogP contribution is 2.37. The second kappa shape index (κ2) is 16.4. The van der Waals surface area contributed by atoms with Gasteiger partial charge in [-0.3, -0.25) is 0 Å². The first-order chi connectivity index (χ1) is 13.6. The summed E-state index contributed by atoms with van der Waals surface area (Å²) in [5.74, 6) is 0. The Hall–Kier alpha value is -1.54. The maximum Gasteiger partial charge on any atom is 0.0878 e. The number of aliphatic hydroxyl groups is 3. The van der Waals surface area contributed by atoms with Crippen LogP contribution >= 0.6 is 0 Å².